The van der Waals surface area contributed by atoms with Gasteiger partial charge in [-0.1, -0.05) is 82.3 Å². The normalized spacial score (nSPS) is 18.6. The van der Waals surface area contributed by atoms with Gasteiger partial charge < -0.3 is 4.98 Å². The average Bonchev–Trinajstić information content (AvgIpc) is 3.02. The van der Waals surface area contributed by atoms with E-state index in [-0.39, 0.29) is 5.54 Å². The van der Waals surface area contributed by atoms with E-state index < -0.39 is 14.9 Å². The van der Waals surface area contributed by atoms with Crippen molar-refractivity contribution in [3.05, 3.63) is 41.5 Å². The maximum atomic E-state index is 6.28. The summed E-state index contributed by atoms with van der Waals surface area (Å²) in [5.74, 6) is 0. The van der Waals surface area contributed by atoms with Gasteiger partial charge in [0.1, 0.15) is 8.24 Å². The lowest BCUT2D eigenvalue weighted by Gasteiger charge is -2.40. The highest BCUT2D eigenvalue weighted by Crippen LogP contribution is 2.44. The van der Waals surface area contributed by atoms with Crippen molar-refractivity contribution in [1.82, 2.24) is 4.98 Å². The minimum atomic E-state index is -1.94. The summed E-state index contributed by atoms with van der Waals surface area (Å²) in [6.07, 6.45) is 12.8. The van der Waals surface area contributed by atoms with Crippen molar-refractivity contribution >= 4 is 42.7 Å². The first-order valence-electron chi connectivity index (χ1n) is 12.4. The Kier molecular flexibility index (Phi) is 10.4. The molecular formula is C26H45Cl2NSi2. The van der Waals surface area contributed by atoms with Gasteiger partial charge in [0, 0.05) is 11.1 Å². The summed E-state index contributed by atoms with van der Waals surface area (Å²) in [4.78, 5) is 4.18. The second-order valence-corrected chi connectivity index (χ2v) is 23.4. The number of unbranched alkanes of at least 4 members (excludes halogenated alkanes) is 5. The molecule has 1 aromatic rings. The zero-order valence-electron chi connectivity index (χ0n) is 20.8. The Labute approximate surface area is 203 Å². The molecule has 0 spiro atoms. The number of fused-ring (bicyclic) bond motifs is 1. The lowest BCUT2D eigenvalue weighted by Crippen LogP contribution is -2.59. The molecule has 1 N–H and O–H groups in total. The molecule has 2 atom stereocenters. The fourth-order valence-electron chi connectivity index (χ4n) is 5.19. The molecule has 0 bridgehead atoms. The number of rotatable bonds is 13. The van der Waals surface area contributed by atoms with Crippen LogP contribution in [0.3, 0.4) is 0 Å². The molecule has 0 heterocycles. The maximum Gasteiger partial charge on any atom is 0.248 e. The number of nitrogens with one attached hydrogen (secondary N) is 1. The standard InChI is InChI=1S/C26H45Cl2NSi2/c1-7-8-11-16-22-21-25(24-18-13-12-17-23(22)24)30(5,29-26(2,3)4)19-14-9-10-15-20-31(6,27)28/h12-13,17-18,21,25,29H,7-11,14-16,19-20H2,1-6H3. The Morgan fingerprint density at radius 2 is 1.55 bits per heavy atom. The van der Waals surface area contributed by atoms with E-state index in [1.54, 1.807) is 11.1 Å². The average molecular weight is 499 g/mol. The first-order chi connectivity index (χ1) is 14.5. The smallest absolute Gasteiger partial charge is 0.248 e. The molecule has 1 nitrogen and oxygen atoms in total. The monoisotopic (exact) mass is 497 g/mol. The highest BCUT2D eigenvalue weighted by Gasteiger charge is 2.42. The van der Waals surface area contributed by atoms with Gasteiger partial charge in [0.2, 0.25) is 6.69 Å². The van der Waals surface area contributed by atoms with Gasteiger partial charge in [-0.05, 0) is 68.9 Å². The van der Waals surface area contributed by atoms with Gasteiger partial charge in [-0.15, -0.1) is 22.2 Å². The van der Waals surface area contributed by atoms with Crippen LogP contribution in [0.15, 0.2) is 30.3 Å². The van der Waals surface area contributed by atoms with Gasteiger partial charge in [-0.25, -0.2) is 0 Å². The molecule has 1 aromatic carbocycles. The lowest BCUT2D eigenvalue weighted by molar-refractivity contribution is 0.504. The minimum Gasteiger partial charge on any atom is -0.332 e. The van der Waals surface area contributed by atoms with Gasteiger partial charge >= 0.3 is 0 Å². The van der Waals surface area contributed by atoms with Crippen molar-refractivity contribution in [3.63, 3.8) is 0 Å². The molecule has 0 aromatic heterocycles. The number of benzene rings is 1. The summed E-state index contributed by atoms with van der Waals surface area (Å²) < 4.78 is 0. The largest absolute Gasteiger partial charge is 0.332 e. The van der Waals surface area contributed by atoms with Crippen molar-refractivity contribution < 1.29 is 0 Å². The predicted molar refractivity (Wildman–Crippen MR) is 147 cm³/mol. The fourth-order valence-corrected chi connectivity index (χ4v) is 11.7. The van der Waals surface area contributed by atoms with E-state index in [9.17, 15) is 0 Å². The van der Waals surface area contributed by atoms with E-state index >= 15 is 0 Å². The Morgan fingerprint density at radius 3 is 2.16 bits per heavy atom. The highest BCUT2D eigenvalue weighted by molar-refractivity contribution is 7.44. The minimum absolute atomic E-state index is 0.138. The molecule has 1 aliphatic carbocycles. The van der Waals surface area contributed by atoms with Crippen LogP contribution in [0, 0.1) is 0 Å². The summed E-state index contributed by atoms with van der Waals surface area (Å²) in [6.45, 7) is 12.0. The number of hydrogen-bond acceptors (Lipinski definition) is 1. The Hall–Kier alpha value is -0.0662. The molecule has 176 valence electrons. The van der Waals surface area contributed by atoms with Crippen molar-refractivity contribution in [1.29, 1.82) is 0 Å². The molecule has 2 unspecified atom stereocenters. The van der Waals surface area contributed by atoms with E-state index in [4.69, 9.17) is 22.2 Å². The van der Waals surface area contributed by atoms with Crippen LogP contribution < -0.4 is 4.98 Å². The molecule has 0 saturated carbocycles. The molecule has 1 aliphatic rings. The van der Waals surface area contributed by atoms with Crippen LogP contribution in [0.4, 0.5) is 0 Å². The second-order valence-electron chi connectivity index (χ2n) is 11.0. The SMILES string of the molecule is CCCCCC1=CC([Si](C)(CCCCCC[Si](C)(Cl)Cl)NC(C)(C)C)c2ccccc21. The van der Waals surface area contributed by atoms with Crippen molar-refractivity contribution in [2.24, 2.45) is 0 Å². The van der Waals surface area contributed by atoms with Crippen LogP contribution >= 0.6 is 22.2 Å². The Bertz CT molecular complexity index is 721. The fraction of sp³-hybridized carbons (Fsp3) is 0.692. The van der Waals surface area contributed by atoms with Crippen molar-refractivity contribution in [2.75, 3.05) is 0 Å². The summed E-state index contributed by atoms with van der Waals surface area (Å²) in [6, 6.07) is 11.5. The Balaban J connectivity index is 2.14. The van der Waals surface area contributed by atoms with Gasteiger partial charge in [-0.3, -0.25) is 0 Å². The molecule has 31 heavy (non-hydrogen) atoms. The number of hydrogen-bond donors (Lipinski definition) is 1. The van der Waals surface area contributed by atoms with Crippen LogP contribution in [0.5, 0.6) is 0 Å². The van der Waals surface area contributed by atoms with Crippen molar-refractivity contribution in [3.8, 4) is 0 Å². The molecule has 0 saturated heterocycles. The van der Waals surface area contributed by atoms with E-state index in [1.807, 2.05) is 6.55 Å². The van der Waals surface area contributed by atoms with E-state index in [2.05, 4.69) is 69.6 Å². The van der Waals surface area contributed by atoms with E-state index in [1.165, 1.54) is 63.0 Å². The molecule has 0 aliphatic heterocycles. The third-order valence-electron chi connectivity index (χ3n) is 6.47. The molecule has 0 amide bonds. The first kappa shape index (κ1) is 27.2. The molecule has 0 radical (unpaired) electrons. The molecular weight excluding hydrogens is 453 g/mol. The number of allylic oxidation sites excluding steroid dienone is 2. The van der Waals surface area contributed by atoms with Gasteiger partial charge in [0.15, 0.2) is 0 Å². The van der Waals surface area contributed by atoms with Crippen LogP contribution in [0.2, 0.25) is 25.2 Å². The molecule has 2 rings (SSSR count). The van der Waals surface area contributed by atoms with Crippen LogP contribution in [-0.2, 0) is 0 Å². The quantitative estimate of drug-likeness (QED) is 0.162. The van der Waals surface area contributed by atoms with Crippen LogP contribution in [-0.4, -0.2) is 20.5 Å². The van der Waals surface area contributed by atoms with E-state index in [0.717, 1.165) is 6.04 Å². The summed E-state index contributed by atoms with van der Waals surface area (Å²) in [5.41, 5.74) is 5.40. The summed E-state index contributed by atoms with van der Waals surface area (Å²) >= 11 is 12.6. The first-order valence-corrected chi connectivity index (χ1v) is 19.9. The van der Waals surface area contributed by atoms with Gasteiger partial charge in [0.25, 0.3) is 0 Å². The summed E-state index contributed by atoms with van der Waals surface area (Å²) in [5, 5.41) is 0. The summed E-state index contributed by atoms with van der Waals surface area (Å²) in [7, 11) is -1.76. The number of halogens is 2. The van der Waals surface area contributed by atoms with Crippen LogP contribution in [0.1, 0.15) is 95.7 Å². The molecule has 0 fully saturated rings. The van der Waals surface area contributed by atoms with Crippen molar-refractivity contribution in [2.45, 2.75) is 115 Å². The lowest BCUT2D eigenvalue weighted by atomic mass is 10.0. The second kappa shape index (κ2) is 11.9. The van der Waals surface area contributed by atoms with Crippen LogP contribution in [0.25, 0.3) is 5.57 Å². The Morgan fingerprint density at radius 1 is 0.903 bits per heavy atom. The topological polar surface area (TPSA) is 12.0 Å². The third kappa shape index (κ3) is 9.00. The molecule has 5 heteroatoms. The zero-order valence-corrected chi connectivity index (χ0v) is 24.3. The van der Waals surface area contributed by atoms with E-state index in [0.29, 0.717) is 5.54 Å². The van der Waals surface area contributed by atoms with Gasteiger partial charge in [-0.2, -0.15) is 0 Å². The maximum absolute atomic E-state index is 6.28. The van der Waals surface area contributed by atoms with Gasteiger partial charge in [0.05, 0.1) is 0 Å². The zero-order chi connectivity index (χ0) is 23.1. The highest BCUT2D eigenvalue weighted by atomic mass is 35.7. The third-order valence-corrected chi connectivity index (χ3v) is 13.4. The predicted octanol–water partition coefficient (Wildman–Crippen LogP) is 9.36.